The summed E-state index contributed by atoms with van der Waals surface area (Å²) in [6, 6.07) is 4.85. The lowest BCUT2D eigenvalue weighted by molar-refractivity contribution is 0.0879. The van der Waals surface area contributed by atoms with Gasteiger partial charge < -0.3 is 5.32 Å². The molecule has 1 aliphatic heterocycles. The average Bonchev–Trinajstić information content (AvgIpc) is 2.71. The van der Waals surface area contributed by atoms with E-state index in [0.717, 1.165) is 11.4 Å². The summed E-state index contributed by atoms with van der Waals surface area (Å²) in [6.07, 6.45) is 0. The molecule has 0 fully saturated rings. The zero-order valence-corrected chi connectivity index (χ0v) is 12.1. The summed E-state index contributed by atoms with van der Waals surface area (Å²) < 4.78 is 0. The lowest BCUT2D eigenvalue weighted by Crippen LogP contribution is -2.19. The molecule has 21 heavy (non-hydrogen) atoms. The fraction of sp³-hybridized carbons (Fsp3) is 0.143. The molecule has 2 heterocycles. The summed E-state index contributed by atoms with van der Waals surface area (Å²) in [5.41, 5.74) is 2.82. The molecule has 0 atom stereocenters. The summed E-state index contributed by atoms with van der Waals surface area (Å²) in [5, 5.41) is 5.50. The molecule has 7 heteroatoms. The van der Waals surface area contributed by atoms with Crippen molar-refractivity contribution in [2.45, 2.75) is 13.8 Å². The predicted octanol–water partition coefficient (Wildman–Crippen LogP) is 2.37. The number of aromatic nitrogens is 2. The number of hydrogen-bond acceptors (Lipinski definition) is 5. The number of aryl methyl sites for hydroxylation is 2. The number of hydrogen-bond donors (Lipinski definition) is 2. The number of benzene rings is 1. The first-order valence-electron chi connectivity index (χ1n) is 6.23. The van der Waals surface area contributed by atoms with Gasteiger partial charge in [0.25, 0.3) is 11.8 Å². The van der Waals surface area contributed by atoms with Gasteiger partial charge in [0.15, 0.2) is 11.0 Å². The Hall–Kier alpha value is -2.47. The molecule has 0 spiro atoms. The van der Waals surface area contributed by atoms with Crippen molar-refractivity contribution in [1.82, 2.24) is 15.3 Å². The number of carbonyl (C=O) groups is 2. The number of amides is 2. The fourth-order valence-corrected chi connectivity index (χ4v) is 2.25. The first-order valence-corrected chi connectivity index (χ1v) is 6.61. The largest absolute Gasteiger partial charge is 0.338 e. The first kappa shape index (κ1) is 13.5. The van der Waals surface area contributed by atoms with Gasteiger partial charge in [-0.25, -0.2) is 9.97 Å². The quantitative estimate of drug-likeness (QED) is 0.832. The number of fused-ring (bicyclic) bond motifs is 1. The van der Waals surface area contributed by atoms with Crippen molar-refractivity contribution >= 4 is 34.9 Å². The number of rotatable bonds is 2. The number of imide groups is 1. The Morgan fingerprint density at radius 3 is 2.48 bits per heavy atom. The summed E-state index contributed by atoms with van der Waals surface area (Å²) in [5.74, 6) is -0.383. The topological polar surface area (TPSA) is 84.0 Å². The van der Waals surface area contributed by atoms with Crippen LogP contribution in [0, 0.1) is 13.8 Å². The van der Waals surface area contributed by atoms with Crippen molar-refractivity contribution < 1.29 is 9.59 Å². The molecule has 2 amide bonds. The van der Waals surface area contributed by atoms with E-state index in [1.54, 1.807) is 18.2 Å². The lowest BCUT2D eigenvalue weighted by Gasteiger charge is -2.09. The molecular weight excluding hydrogens is 292 g/mol. The van der Waals surface area contributed by atoms with Crippen LogP contribution in [0.3, 0.4) is 0 Å². The molecule has 6 nitrogen and oxygen atoms in total. The standard InChI is InChI=1S/C14H11ClN4O2/c1-6-7(2)17-12(11(15)16-6)18-8-3-4-9-10(5-8)14(21)19-13(9)20/h3-5H,1-2H3,(H,17,18)(H,19,20,21). The van der Waals surface area contributed by atoms with Crippen LogP contribution in [0.2, 0.25) is 5.15 Å². The minimum atomic E-state index is -0.407. The highest BCUT2D eigenvalue weighted by molar-refractivity contribution is 6.31. The molecule has 1 aromatic carbocycles. The summed E-state index contributed by atoms with van der Waals surface area (Å²) in [4.78, 5) is 31.6. The van der Waals surface area contributed by atoms with E-state index >= 15 is 0 Å². The van der Waals surface area contributed by atoms with Crippen LogP contribution in [0.15, 0.2) is 18.2 Å². The van der Waals surface area contributed by atoms with Gasteiger partial charge in [0.05, 0.1) is 22.5 Å². The molecule has 1 aromatic heterocycles. The second-order valence-electron chi connectivity index (χ2n) is 4.70. The Labute approximate surface area is 125 Å². The minimum Gasteiger partial charge on any atom is -0.338 e. The van der Waals surface area contributed by atoms with E-state index < -0.39 is 5.91 Å². The van der Waals surface area contributed by atoms with E-state index in [4.69, 9.17) is 11.6 Å². The third-order valence-electron chi connectivity index (χ3n) is 3.26. The highest BCUT2D eigenvalue weighted by atomic mass is 35.5. The molecule has 0 aliphatic carbocycles. The number of carbonyl (C=O) groups excluding carboxylic acids is 2. The molecule has 0 bridgehead atoms. The second-order valence-corrected chi connectivity index (χ2v) is 5.06. The SMILES string of the molecule is Cc1nc(Cl)c(Nc2ccc3c(c2)C(=O)NC3=O)nc1C. The zero-order chi connectivity index (χ0) is 15.1. The maximum atomic E-state index is 11.6. The third-order valence-corrected chi connectivity index (χ3v) is 3.53. The van der Waals surface area contributed by atoms with Gasteiger partial charge in [-0.15, -0.1) is 0 Å². The highest BCUT2D eigenvalue weighted by Gasteiger charge is 2.26. The van der Waals surface area contributed by atoms with Crippen molar-refractivity contribution in [1.29, 1.82) is 0 Å². The summed E-state index contributed by atoms with van der Waals surface area (Å²) >= 11 is 6.05. The van der Waals surface area contributed by atoms with E-state index in [1.165, 1.54) is 0 Å². The molecule has 0 saturated carbocycles. The fourth-order valence-electron chi connectivity index (χ4n) is 2.04. The molecule has 0 unspecified atom stereocenters. The molecule has 2 N–H and O–H groups in total. The Morgan fingerprint density at radius 2 is 1.71 bits per heavy atom. The third kappa shape index (κ3) is 2.34. The lowest BCUT2D eigenvalue weighted by atomic mass is 10.1. The van der Waals surface area contributed by atoms with E-state index in [1.807, 2.05) is 13.8 Å². The number of anilines is 2. The Bertz CT molecular complexity index is 789. The van der Waals surface area contributed by atoms with Gasteiger partial charge >= 0.3 is 0 Å². The van der Waals surface area contributed by atoms with E-state index in [-0.39, 0.29) is 11.1 Å². The zero-order valence-electron chi connectivity index (χ0n) is 11.3. The summed E-state index contributed by atoms with van der Waals surface area (Å²) in [6.45, 7) is 3.65. The molecular formula is C14H11ClN4O2. The highest BCUT2D eigenvalue weighted by Crippen LogP contribution is 2.26. The minimum absolute atomic E-state index is 0.249. The average molecular weight is 303 g/mol. The normalized spacial score (nSPS) is 13.1. The first-order chi connectivity index (χ1) is 9.95. The van der Waals surface area contributed by atoms with Gasteiger partial charge in [0.1, 0.15) is 0 Å². The molecule has 0 saturated heterocycles. The maximum Gasteiger partial charge on any atom is 0.259 e. The van der Waals surface area contributed by atoms with E-state index in [9.17, 15) is 9.59 Å². The number of halogens is 1. The van der Waals surface area contributed by atoms with Crippen LogP contribution < -0.4 is 10.6 Å². The molecule has 106 valence electrons. The van der Waals surface area contributed by atoms with Crippen LogP contribution in [0.25, 0.3) is 0 Å². The number of nitrogens with one attached hydrogen (secondary N) is 2. The maximum absolute atomic E-state index is 11.6. The van der Waals surface area contributed by atoms with Crippen LogP contribution in [0.4, 0.5) is 11.5 Å². The smallest absolute Gasteiger partial charge is 0.259 e. The van der Waals surface area contributed by atoms with Crippen LogP contribution >= 0.6 is 11.6 Å². The monoisotopic (exact) mass is 302 g/mol. The molecule has 3 rings (SSSR count). The number of nitrogens with zero attached hydrogens (tertiary/aromatic N) is 2. The second kappa shape index (κ2) is 4.82. The Morgan fingerprint density at radius 1 is 1.05 bits per heavy atom. The Balaban J connectivity index is 1.97. The Kier molecular flexibility index (Phi) is 3.10. The van der Waals surface area contributed by atoms with Gasteiger partial charge in [-0.1, -0.05) is 11.6 Å². The van der Waals surface area contributed by atoms with Crippen molar-refractivity contribution in [3.8, 4) is 0 Å². The van der Waals surface area contributed by atoms with Crippen molar-refractivity contribution in [3.63, 3.8) is 0 Å². The van der Waals surface area contributed by atoms with Crippen LogP contribution in [-0.2, 0) is 0 Å². The van der Waals surface area contributed by atoms with Gasteiger partial charge in [-0.05, 0) is 32.0 Å². The molecule has 0 radical (unpaired) electrons. The van der Waals surface area contributed by atoms with Crippen molar-refractivity contribution in [2.75, 3.05) is 5.32 Å². The van der Waals surface area contributed by atoms with Crippen LogP contribution in [0.1, 0.15) is 32.1 Å². The predicted molar refractivity (Wildman–Crippen MR) is 78.0 cm³/mol. The van der Waals surface area contributed by atoms with Crippen LogP contribution in [-0.4, -0.2) is 21.8 Å². The van der Waals surface area contributed by atoms with E-state index in [2.05, 4.69) is 20.6 Å². The van der Waals surface area contributed by atoms with Gasteiger partial charge in [0.2, 0.25) is 0 Å². The van der Waals surface area contributed by atoms with Gasteiger partial charge in [-0.2, -0.15) is 0 Å². The molecule has 2 aromatic rings. The van der Waals surface area contributed by atoms with E-state index in [0.29, 0.717) is 22.6 Å². The van der Waals surface area contributed by atoms with Crippen LogP contribution in [0.5, 0.6) is 0 Å². The van der Waals surface area contributed by atoms with Gasteiger partial charge in [0, 0.05) is 5.69 Å². The summed E-state index contributed by atoms with van der Waals surface area (Å²) in [7, 11) is 0. The molecule has 1 aliphatic rings. The van der Waals surface area contributed by atoms with Gasteiger partial charge in [-0.3, -0.25) is 14.9 Å². The van der Waals surface area contributed by atoms with Crippen molar-refractivity contribution in [3.05, 3.63) is 45.9 Å². The van der Waals surface area contributed by atoms with Crippen molar-refractivity contribution in [2.24, 2.45) is 0 Å².